The zero-order chi connectivity index (χ0) is 13.6. The average Bonchev–Trinajstić information content (AvgIpc) is 2.26. The normalized spacial score (nSPS) is 20.0. The van der Waals surface area contributed by atoms with Crippen LogP contribution in [-0.2, 0) is 0 Å². The van der Waals surface area contributed by atoms with Crippen molar-refractivity contribution in [2.75, 3.05) is 6.54 Å². The van der Waals surface area contributed by atoms with Gasteiger partial charge >= 0.3 is 0 Å². The predicted octanol–water partition coefficient (Wildman–Crippen LogP) is 3.73. The number of hydrogen-bond acceptors (Lipinski definition) is 2. The molecule has 2 heteroatoms. The summed E-state index contributed by atoms with van der Waals surface area (Å²) in [5.74, 6) is 1.45. The van der Waals surface area contributed by atoms with Crippen LogP contribution in [0.4, 0.5) is 0 Å². The minimum Gasteiger partial charge on any atom is -0.389 e. The van der Waals surface area contributed by atoms with E-state index >= 15 is 0 Å². The number of rotatable bonds is 7. The van der Waals surface area contributed by atoms with Gasteiger partial charge in [-0.2, -0.15) is 0 Å². The van der Waals surface area contributed by atoms with Crippen molar-refractivity contribution < 1.29 is 5.11 Å². The summed E-state index contributed by atoms with van der Waals surface area (Å²) in [7, 11) is 0. The molecule has 0 bridgehead atoms. The van der Waals surface area contributed by atoms with Gasteiger partial charge in [0.1, 0.15) is 0 Å². The van der Waals surface area contributed by atoms with Crippen molar-refractivity contribution in [1.29, 1.82) is 0 Å². The van der Waals surface area contributed by atoms with E-state index in [1.165, 1.54) is 32.1 Å². The van der Waals surface area contributed by atoms with E-state index in [1.54, 1.807) is 0 Å². The van der Waals surface area contributed by atoms with E-state index in [9.17, 15) is 5.11 Å². The molecule has 0 saturated heterocycles. The van der Waals surface area contributed by atoms with Gasteiger partial charge in [0.25, 0.3) is 0 Å². The molecule has 0 aromatic carbocycles. The third kappa shape index (κ3) is 6.19. The van der Waals surface area contributed by atoms with Gasteiger partial charge in [0.05, 0.1) is 5.60 Å². The van der Waals surface area contributed by atoms with Crippen LogP contribution >= 0.6 is 0 Å². The van der Waals surface area contributed by atoms with Gasteiger partial charge in [-0.05, 0) is 37.5 Å². The Morgan fingerprint density at radius 3 is 1.89 bits per heavy atom. The zero-order valence-corrected chi connectivity index (χ0v) is 12.8. The molecule has 1 saturated carbocycles. The monoisotopic (exact) mass is 255 g/mol. The Morgan fingerprint density at radius 2 is 1.44 bits per heavy atom. The summed E-state index contributed by atoms with van der Waals surface area (Å²) in [6.07, 6.45) is 8.08. The maximum atomic E-state index is 10.5. The highest BCUT2D eigenvalue weighted by atomic mass is 16.3. The molecule has 108 valence electrons. The molecule has 0 unspecified atom stereocenters. The molecule has 2 nitrogen and oxygen atoms in total. The average molecular weight is 255 g/mol. The highest BCUT2D eigenvalue weighted by Gasteiger charge is 2.29. The van der Waals surface area contributed by atoms with E-state index < -0.39 is 5.60 Å². The summed E-state index contributed by atoms with van der Waals surface area (Å²) in [5.41, 5.74) is -0.426. The van der Waals surface area contributed by atoms with Crippen molar-refractivity contribution in [3.05, 3.63) is 0 Å². The predicted molar refractivity (Wildman–Crippen MR) is 78.7 cm³/mol. The molecule has 0 spiro atoms. The quantitative estimate of drug-likeness (QED) is 0.726. The molecule has 18 heavy (non-hydrogen) atoms. The van der Waals surface area contributed by atoms with Crippen LogP contribution in [0.25, 0.3) is 0 Å². The van der Waals surface area contributed by atoms with E-state index in [0.29, 0.717) is 6.04 Å². The largest absolute Gasteiger partial charge is 0.389 e. The first-order valence-electron chi connectivity index (χ1n) is 7.87. The Kier molecular flexibility index (Phi) is 6.65. The molecule has 2 N–H and O–H groups in total. The Bertz CT molecular complexity index is 209. The summed E-state index contributed by atoms with van der Waals surface area (Å²) in [4.78, 5) is 0. The lowest BCUT2D eigenvalue weighted by atomic mass is 9.84. The molecule has 1 rings (SSSR count). The highest BCUT2D eigenvalue weighted by molar-refractivity contribution is 4.86. The zero-order valence-electron chi connectivity index (χ0n) is 12.8. The number of hydrogen-bond donors (Lipinski definition) is 2. The molecule has 1 aliphatic carbocycles. The lowest BCUT2D eigenvalue weighted by Gasteiger charge is -2.34. The molecule has 0 radical (unpaired) electrons. The second-order valence-corrected chi connectivity index (χ2v) is 7.12. The molecular formula is C16H33NO. The van der Waals surface area contributed by atoms with Crippen molar-refractivity contribution >= 4 is 0 Å². The molecule has 0 amide bonds. The van der Waals surface area contributed by atoms with Crippen LogP contribution in [0, 0.1) is 11.8 Å². The first kappa shape index (κ1) is 16.0. The van der Waals surface area contributed by atoms with Crippen molar-refractivity contribution in [3.8, 4) is 0 Å². The van der Waals surface area contributed by atoms with Crippen LogP contribution < -0.4 is 5.32 Å². The Balaban J connectivity index is 2.39. The Labute approximate surface area is 114 Å². The van der Waals surface area contributed by atoms with E-state index in [2.05, 4.69) is 33.0 Å². The van der Waals surface area contributed by atoms with E-state index in [1.807, 2.05) is 0 Å². The lowest BCUT2D eigenvalue weighted by Crippen LogP contribution is -2.46. The fourth-order valence-electron chi connectivity index (χ4n) is 3.12. The van der Waals surface area contributed by atoms with Crippen LogP contribution in [-0.4, -0.2) is 23.3 Å². The maximum Gasteiger partial charge on any atom is 0.0771 e. The minimum atomic E-state index is -0.426. The first-order valence-corrected chi connectivity index (χ1v) is 7.87. The van der Waals surface area contributed by atoms with Gasteiger partial charge < -0.3 is 10.4 Å². The Morgan fingerprint density at radius 1 is 0.944 bits per heavy atom. The molecule has 0 aromatic heterocycles. The van der Waals surface area contributed by atoms with Crippen LogP contribution in [0.15, 0.2) is 0 Å². The molecular weight excluding hydrogens is 222 g/mol. The molecule has 0 heterocycles. The van der Waals surface area contributed by atoms with Gasteiger partial charge in [0, 0.05) is 12.6 Å². The fraction of sp³-hybridized carbons (Fsp3) is 1.00. The summed E-state index contributed by atoms with van der Waals surface area (Å²) in [6.45, 7) is 9.92. The molecule has 0 aliphatic heterocycles. The smallest absolute Gasteiger partial charge is 0.0771 e. The van der Waals surface area contributed by atoms with E-state index in [4.69, 9.17) is 0 Å². The number of aliphatic hydroxyl groups is 1. The van der Waals surface area contributed by atoms with Crippen molar-refractivity contribution in [2.24, 2.45) is 11.8 Å². The molecule has 0 aromatic rings. The van der Waals surface area contributed by atoms with Gasteiger partial charge in [-0.3, -0.25) is 0 Å². The standard InChI is InChI=1S/C16H33NO/c1-13(2)10-15(11-14(3)4)17-12-16(18)8-6-5-7-9-16/h13-15,17-18H,5-12H2,1-4H3. The second kappa shape index (κ2) is 7.49. The fourth-order valence-corrected chi connectivity index (χ4v) is 3.12. The van der Waals surface area contributed by atoms with E-state index in [-0.39, 0.29) is 0 Å². The Hall–Kier alpha value is -0.0800. The van der Waals surface area contributed by atoms with Crippen molar-refractivity contribution in [1.82, 2.24) is 5.32 Å². The molecule has 0 atom stereocenters. The van der Waals surface area contributed by atoms with E-state index in [0.717, 1.165) is 31.2 Å². The second-order valence-electron chi connectivity index (χ2n) is 7.12. The maximum absolute atomic E-state index is 10.5. The van der Waals surface area contributed by atoms with Gasteiger partial charge in [-0.25, -0.2) is 0 Å². The topological polar surface area (TPSA) is 32.3 Å². The lowest BCUT2D eigenvalue weighted by molar-refractivity contribution is 0.00155. The van der Waals surface area contributed by atoms with Gasteiger partial charge in [-0.1, -0.05) is 47.0 Å². The van der Waals surface area contributed by atoms with Crippen molar-refractivity contribution in [3.63, 3.8) is 0 Å². The summed E-state index contributed by atoms with van der Waals surface area (Å²) in [5, 5.41) is 14.2. The molecule has 1 aliphatic rings. The third-order valence-corrected chi connectivity index (χ3v) is 4.02. The summed E-state index contributed by atoms with van der Waals surface area (Å²) >= 11 is 0. The van der Waals surface area contributed by atoms with Gasteiger partial charge in [-0.15, -0.1) is 0 Å². The first-order chi connectivity index (χ1) is 8.41. The number of nitrogens with one attached hydrogen (secondary N) is 1. The minimum absolute atomic E-state index is 0.426. The summed E-state index contributed by atoms with van der Waals surface area (Å²) in [6, 6.07) is 0.566. The molecule has 1 fully saturated rings. The van der Waals surface area contributed by atoms with Crippen LogP contribution in [0.1, 0.15) is 72.6 Å². The SMILES string of the molecule is CC(C)CC(CC(C)C)NCC1(O)CCCCC1. The van der Waals surface area contributed by atoms with Crippen LogP contribution in [0.5, 0.6) is 0 Å². The van der Waals surface area contributed by atoms with Crippen LogP contribution in [0.3, 0.4) is 0 Å². The van der Waals surface area contributed by atoms with Crippen LogP contribution in [0.2, 0.25) is 0 Å². The van der Waals surface area contributed by atoms with Crippen molar-refractivity contribution in [2.45, 2.75) is 84.3 Å². The van der Waals surface area contributed by atoms with Gasteiger partial charge in [0.15, 0.2) is 0 Å². The third-order valence-electron chi connectivity index (χ3n) is 4.02. The highest BCUT2D eigenvalue weighted by Crippen LogP contribution is 2.27. The summed E-state index contributed by atoms with van der Waals surface area (Å²) < 4.78 is 0. The van der Waals surface area contributed by atoms with Gasteiger partial charge in [0.2, 0.25) is 0 Å².